The fourth-order valence-corrected chi connectivity index (χ4v) is 16.3. The molecule has 49 heteroatoms. The van der Waals surface area contributed by atoms with Gasteiger partial charge in [-0.1, -0.05) is 93.4 Å². The van der Waals surface area contributed by atoms with Gasteiger partial charge in [-0.25, -0.2) is 0 Å². The summed E-state index contributed by atoms with van der Waals surface area (Å²) in [6, 6.07) is 0. The highest BCUT2D eigenvalue weighted by Gasteiger charge is 2.60. The summed E-state index contributed by atoms with van der Waals surface area (Å²) in [5.41, 5.74) is 0. The van der Waals surface area contributed by atoms with E-state index in [-0.39, 0.29) is 81.6 Å². The van der Waals surface area contributed by atoms with Crippen LogP contribution in [0, 0.1) is 0 Å². The molecule has 0 spiro atoms. The number of ether oxygens (including phenoxy) is 14. The Morgan fingerprint density at radius 2 is 0.286 bits per heavy atom. The molecule has 21 fully saturated rings. The number of rotatable bonds is 35. The lowest BCUT2D eigenvalue weighted by Gasteiger charge is -2.50. The van der Waals surface area contributed by atoms with Gasteiger partial charge in [-0.3, -0.25) is 0 Å². The van der Waals surface area contributed by atoms with Crippen molar-refractivity contribution >= 4 is 121 Å². The first-order valence-corrected chi connectivity index (χ1v) is 47.1. The van der Waals surface area contributed by atoms with Gasteiger partial charge in [-0.05, 0) is 130 Å². The van der Waals surface area contributed by atoms with Gasteiger partial charge >= 0.3 is 0 Å². The van der Waals surface area contributed by atoms with Crippen molar-refractivity contribution < 1.29 is 138 Å². The molecule has 21 rings (SSSR count). The molecule has 21 heterocycles. The molecule has 126 heavy (non-hydrogen) atoms. The molecule has 0 saturated carbocycles. The van der Waals surface area contributed by atoms with Crippen LogP contribution in [0.1, 0.15) is 138 Å². The molecule has 0 unspecified atom stereocenters. The second kappa shape index (κ2) is 55.5. The SMILES string of the molecule is CCCCNC(=S)NC[C@H]1O[C@@H]2O[C@H]3[C@H](O)[C@@H](O)[C@@H](O[C@H]4[C@H](O)[C@@H](O)[C@@H](O[C@H]5[C@H](O)[C@@H](O)[C@@H](O[C@H]6[C@H](O)[C@@H](O)[C@@H](O[C@H]7[C@H](O)[C@@H](O)[C@@H](O[C@H]8[C@H](O)[C@@H](O)[C@@H](O[C@H]1[C@H](O)[C@H]2O)O[C@@H]8CNC(=S)NCCCC)O[C@@H]7CNC(=S)NCCCC)O[C@@H]6CNC(=S)NCCCC)O[C@@H]5CNC(=S)NCCCC)O[C@@H]4CNC(=S)NCCCC)O[C@@H]3CNC(=S)NCCCC. The number of unbranched alkanes of at least 4 members (excludes halogenated alkanes) is 7. The van der Waals surface area contributed by atoms with E-state index in [1.165, 1.54) is 0 Å². The number of hydrogen-bond donors (Lipinski definition) is 28. The van der Waals surface area contributed by atoms with Crippen molar-refractivity contribution in [2.24, 2.45) is 0 Å². The molecule has 21 aliphatic rings. The molecule has 28 N–H and O–H groups in total. The Bertz CT molecular complexity index is 2700. The highest BCUT2D eigenvalue weighted by molar-refractivity contribution is 7.81. The van der Waals surface area contributed by atoms with Crippen molar-refractivity contribution in [2.45, 2.75) is 353 Å². The predicted molar refractivity (Wildman–Crippen MR) is 483 cm³/mol. The third kappa shape index (κ3) is 31.4. The van der Waals surface area contributed by atoms with Crippen molar-refractivity contribution in [3.8, 4) is 0 Å². The highest BCUT2D eigenvalue weighted by atomic mass is 32.1. The van der Waals surface area contributed by atoms with Crippen LogP contribution in [-0.4, -0.2) is 414 Å². The molecule has 0 aliphatic carbocycles. The van der Waals surface area contributed by atoms with Crippen molar-refractivity contribution in [3.05, 3.63) is 0 Å². The summed E-state index contributed by atoms with van der Waals surface area (Å²) in [7, 11) is 0. The van der Waals surface area contributed by atoms with Crippen LogP contribution < -0.4 is 74.4 Å². The van der Waals surface area contributed by atoms with Crippen LogP contribution in [0.2, 0.25) is 0 Å². The molecule has 0 aromatic carbocycles. The van der Waals surface area contributed by atoms with Gasteiger partial charge < -0.3 is 212 Å². The zero-order valence-corrected chi connectivity index (χ0v) is 78.1. The largest absolute Gasteiger partial charge is 0.387 e. The first-order valence-electron chi connectivity index (χ1n) is 44.2. The molecular weight excluding hydrogens is 1790 g/mol. The summed E-state index contributed by atoms with van der Waals surface area (Å²) in [6.45, 7) is 14.4. The normalized spacial score (nSPS) is 37.8. The maximum atomic E-state index is 12.6. The molecule has 0 amide bonds. The molecule has 0 aromatic heterocycles. The maximum Gasteiger partial charge on any atom is 0.187 e. The lowest BCUT2D eigenvalue weighted by Crippen LogP contribution is -2.69. The summed E-state index contributed by atoms with van der Waals surface area (Å²) in [5, 5.41) is 219. The summed E-state index contributed by atoms with van der Waals surface area (Å²) in [6.07, 6.45) is -56.0. The van der Waals surface area contributed by atoms with E-state index in [9.17, 15) is 71.5 Å². The van der Waals surface area contributed by atoms with Crippen LogP contribution in [0.25, 0.3) is 0 Å². The van der Waals surface area contributed by atoms with Gasteiger partial charge in [0.25, 0.3) is 0 Å². The summed E-state index contributed by atoms with van der Waals surface area (Å²) < 4.78 is 91.3. The van der Waals surface area contributed by atoms with Gasteiger partial charge in [0.2, 0.25) is 0 Å². The second-order valence-corrected chi connectivity index (χ2v) is 35.2. The van der Waals surface area contributed by atoms with E-state index in [4.69, 9.17) is 152 Å². The Morgan fingerprint density at radius 1 is 0.175 bits per heavy atom. The molecule has 21 saturated heterocycles. The van der Waals surface area contributed by atoms with E-state index in [1.807, 2.05) is 48.5 Å². The fourth-order valence-electron chi connectivity index (χ4n) is 15.0. The molecule has 14 bridgehead atoms. The standard InChI is InChI=1S/C77H140N14O28S7/c1-8-15-22-78-71(120)85-29-36-57-43(92)50(99)64(106-36)114-58-37(30-86-72(121)79-23-16-9-2)108-66(52(101)45(58)94)116-60-39(32-88-74(123)81-25-18-11-4)110-68(54(103)47(60)96)118-62-41(34-90-76(125)83-27-20-13-6)112-70(56(105)49(62)98)119-63-42(35-91-77(126)84-28-21-14-7)111-69(55(104)48(63)97)117-61-40(33-89-75(124)82-26-19-12-5)109-67(53(102)46(61)95)115-59-38(31-87-73(122)80-24-17-10-3)107-65(113-57)51(100)44(59)93/h36-70,92-105H,8-35H2,1-7H3,(H2,78,85,120)(H2,79,86,121)(H2,80,87,122)(H2,81,88,123)(H2,82,89,124)(H2,83,90,125)(H2,84,91,126)/t36-,37-,38-,39-,40-,41-,42-,43-,44-,45-,46-,47-,48-,49-,50-,51-,52-,53-,54-,55-,56-,57-,58-,59-,60-,61-,62-,63-,64-,65-,66-,67-,68-,69-,70-/m1/s1. The minimum atomic E-state index is -2.16. The molecule has 42 nitrogen and oxygen atoms in total. The van der Waals surface area contributed by atoms with E-state index in [2.05, 4.69) is 74.4 Å². The van der Waals surface area contributed by atoms with Gasteiger partial charge in [0.1, 0.15) is 171 Å². The van der Waals surface area contributed by atoms with Gasteiger partial charge in [0.15, 0.2) is 79.8 Å². The Labute approximate surface area is 773 Å². The van der Waals surface area contributed by atoms with Gasteiger partial charge in [0, 0.05) is 91.6 Å². The Hall–Kier alpha value is -3.29. The third-order valence-electron chi connectivity index (χ3n) is 22.5. The number of hydrogen-bond acceptors (Lipinski definition) is 35. The number of aliphatic hydroxyl groups excluding tert-OH is 14. The zero-order chi connectivity index (χ0) is 91.8. The lowest BCUT2D eigenvalue weighted by atomic mass is 9.94. The summed E-state index contributed by atoms with van der Waals surface area (Å²) in [4.78, 5) is 0. The number of nitrogens with one attached hydrogen (secondary N) is 14. The smallest absolute Gasteiger partial charge is 0.187 e. The number of thiocarbonyl (C=S) groups is 7. The fraction of sp³-hybridized carbons (Fsp3) is 0.909. The van der Waals surface area contributed by atoms with E-state index in [0.717, 1.165) is 44.9 Å². The molecular formula is C77H140N14O28S7. The van der Waals surface area contributed by atoms with Crippen molar-refractivity contribution in [2.75, 3.05) is 91.6 Å². The molecule has 21 aliphatic heterocycles. The van der Waals surface area contributed by atoms with Crippen molar-refractivity contribution in [1.82, 2.24) is 74.4 Å². The lowest BCUT2D eigenvalue weighted by molar-refractivity contribution is -0.391. The first kappa shape index (κ1) is 108. The highest BCUT2D eigenvalue weighted by Crippen LogP contribution is 2.40. The van der Waals surface area contributed by atoms with Crippen molar-refractivity contribution in [1.29, 1.82) is 0 Å². The van der Waals surface area contributed by atoms with Crippen LogP contribution in [0.5, 0.6) is 0 Å². The molecule has 35 atom stereocenters. The van der Waals surface area contributed by atoms with E-state index in [1.54, 1.807) is 0 Å². The topological polar surface area (TPSA) is 581 Å². The first-order chi connectivity index (χ1) is 60.4. The van der Waals surface area contributed by atoms with E-state index < -0.39 is 215 Å². The number of aliphatic hydroxyl groups is 14. The minimum absolute atomic E-state index is 0.111. The Kier molecular flexibility index (Phi) is 47.6. The zero-order valence-electron chi connectivity index (χ0n) is 72.3. The monoisotopic (exact) mass is 1930 g/mol. The average molecular weight is 1930 g/mol. The van der Waals surface area contributed by atoms with Crippen LogP contribution in [0.4, 0.5) is 0 Å². The van der Waals surface area contributed by atoms with Gasteiger partial charge in [0.05, 0.1) is 0 Å². The van der Waals surface area contributed by atoms with Crippen LogP contribution in [0.15, 0.2) is 0 Å². The predicted octanol–water partition coefficient (Wildman–Crippen LogP) is -6.33. The third-order valence-corrected chi connectivity index (χ3v) is 24.5. The van der Waals surface area contributed by atoms with Gasteiger partial charge in [-0.2, -0.15) is 0 Å². The van der Waals surface area contributed by atoms with Crippen LogP contribution in [-0.2, 0) is 66.3 Å². The Balaban J connectivity index is 1.25. The molecule has 0 aromatic rings. The van der Waals surface area contributed by atoms with E-state index >= 15 is 0 Å². The summed E-state index contributed by atoms with van der Waals surface area (Å²) >= 11 is 39.7. The minimum Gasteiger partial charge on any atom is -0.387 e. The van der Waals surface area contributed by atoms with Crippen LogP contribution >= 0.6 is 85.5 Å². The molecule has 728 valence electrons. The van der Waals surface area contributed by atoms with Gasteiger partial charge in [-0.15, -0.1) is 0 Å². The second-order valence-electron chi connectivity index (χ2n) is 32.3. The maximum absolute atomic E-state index is 12.6. The summed E-state index contributed by atoms with van der Waals surface area (Å²) in [5.74, 6) is 0. The van der Waals surface area contributed by atoms with Crippen LogP contribution in [0.3, 0.4) is 0 Å². The van der Waals surface area contributed by atoms with Crippen molar-refractivity contribution in [3.63, 3.8) is 0 Å². The Morgan fingerprint density at radius 3 is 0.389 bits per heavy atom. The molecule has 0 radical (unpaired) electrons. The van der Waals surface area contributed by atoms with E-state index in [0.29, 0.717) is 90.8 Å². The average Bonchev–Trinajstić information content (AvgIpc) is 0.789. The quantitative estimate of drug-likeness (QED) is 0.0207.